The first-order valence-electron chi connectivity index (χ1n) is 0.535. The Morgan fingerprint density at radius 3 is 1.00 bits per heavy atom. The summed E-state index contributed by atoms with van der Waals surface area (Å²) in [5.41, 5.74) is -0.438. The fourth-order valence-corrected chi connectivity index (χ4v) is 0. The molecule has 0 saturated carbocycles. The van der Waals surface area contributed by atoms with Crippen LogP contribution in [0.3, 0.4) is 0 Å². The quantitative estimate of drug-likeness (QED) is 0.272. The normalized spacial score (nSPS) is 2.25. The molecule has 0 radical (unpaired) electrons. The number of hydrogen-bond donors (Lipinski definition) is 0. The Morgan fingerprint density at radius 1 is 1.00 bits per heavy atom. The Labute approximate surface area is 127 Å². The topological polar surface area (TPSA) is 0 Å². The predicted molar refractivity (Wildman–Crippen MR) is 83.3 cm³/mol. The molecule has 0 heterocycles. The van der Waals surface area contributed by atoms with E-state index < -0.39 is 5.58 Å². The fraction of sp³-hybridized carbons (Fsp3) is 1.00. The van der Waals surface area contributed by atoms with Crippen LogP contribution in [0.2, 0.25) is 0 Å². The van der Waals surface area contributed by atoms with Gasteiger partial charge in [0, 0.05) is 0 Å². The van der Waals surface area contributed by atoms with Crippen LogP contribution in [-0.4, -0.2) is 5.58 Å². The van der Waals surface area contributed by atoms with Crippen LogP contribution in [0.15, 0.2) is 0 Å². The summed E-state index contributed by atoms with van der Waals surface area (Å²) in [4.78, 5) is 0. The number of halogens is 6. The van der Waals surface area contributed by atoms with Gasteiger partial charge in [-0.15, -0.1) is 95.9 Å². The third-order valence-electron chi connectivity index (χ3n) is 0. The van der Waals surface area contributed by atoms with Crippen molar-refractivity contribution in [3.8, 4) is 0 Å². The zero-order valence-electron chi connectivity index (χ0n) is 3.10. The zero-order valence-corrected chi connectivity index (χ0v) is 14.0. The first-order valence-corrected chi connectivity index (χ1v) is 1.66. The van der Waals surface area contributed by atoms with Gasteiger partial charge in [0.25, 0.3) is 0 Å². The van der Waals surface area contributed by atoms with E-state index in [1.54, 1.807) is 0 Å². The third kappa shape index (κ3) is 58.4. The van der Waals surface area contributed by atoms with E-state index in [-0.39, 0.29) is 103 Å². The maximum Gasteiger partial charge on any atom is 0.144 e. The lowest BCUT2D eigenvalue weighted by molar-refractivity contribution is 0.613. The Hall–Kier alpha value is 3.33. The molecule has 0 aromatic rings. The number of alkyl halides is 2. The molecule has 0 N–H and O–H groups in total. The highest BCUT2D eigenvalue weighted by Gasteiger charge is 1.42. The number of hydrogen-bond acceptors (Lipinski definition) is 0. The Bertz CT molecular complexity index is 14.0. The smallest absolute Gasteiger partial charge is 0.144 e. The second-order valence-electron chi connectivity index (χ2n) is 0.101. The van der Waals surface area contributed by atoms with Gasteiger partial charge >= 0.3 is 0 Å². The van der Waals surface area contributed by atoms with E-state index in [0.29, 0.717) is 0 Å². The van der Waals surface area contributed by atoms with E-state index in [4.69, 9.17) is 0 Å². The molecule has 60 valence electrons. The van der Waals surface area contributed by atoms with Crippen molar-refractivity contribution in [3.05, 3.63) is 0 Å². The Balaban J connectivity index is -0.00000000200. The minimum Gasteiger partial charge on any atom is -0.239 e. The molecule has 0 saturated heterocycles. The van der Waals surface area contributed by atoms with Gasteiger partial charge in [-0.3, -0.25) is 0 Å². The van der Waals surface area contributed by atoms with Gasteiger partial charge in [-0.25, -0.2) is 4.39 Å². The summed E-state index contributed by atoms with van der Waals surface area (Å²) < 4.78 is 10.2. The van der Waals surface area contributed by atoms with Gasteiger partial charge in [-0.1, -0.05) is 23.4 Å². The van der Waals surface area contributed by atoms with Crippen molar-refractivity contribution >= 4 is 112 Å². The van der Waals surface area contributed by atoms with Gasteiger partial charge in [-0.05, 0) is 0 Å². The highest BCUT2D eigenvalue weighted by molar-refractivity contribution is 14.0. The molecular formula is C2H10BrFI4. The van der Waals surface area contributed by atoms with E-state index in [0.717, 1.165) is 0 Å². The minimum atomic E-state index is -0.438. The van der Waals surface area contributed by atoms with E-state index in [1.807, 2.05) is 0 Å². The van der Waals surface area contributed by atoms with E-state index in [1.165, 1.54) is 0 Å². The van der Waals surface area contributed by atoms with Crippen molar-refractivity contribution in [2.75, 3.05) is 5.58 Å². The van der Waals surface area contributed by atoms with Crippen LogP contribution < -0.4 is 0 Å². The highest BCUT2D eigenvalue weighted by Crippen LogP contribution is 1.72. The molecule has 6 heteroatoms. The fourth-order valence-electron chi connectivity index (χ4n) is 0. The van der Waals surface area contributed by atoms with Crippen LogP contribution in [0.4, 0.5) is 4.39 Å². The van der Waals surface area contributed by atoms with Crippen molar-refractivity contribution in [1.82, 2.24) is 0 Å². The second-order valence-corrected chi connectivity index (χ2v) is 0.525. The van der Waals surface area contributed by atoms with Crippen LogP contribution in [-0.2, 0) is 0 Å². The molecule has 0 bridgehead atoms. The number of rotatable bonds is 0. The van der Waals surface area contributed by atoms with Crippen molar-refractivity contribution < 1.29 is 4.39 Å². The van der Waals surface area contributed by atoms with Crippen LogP contribution in [0.1, 0.15) is 7.43 Å². The zero-order chi connectivity index (χ0) is 2.71. The largest absolute Gasteiger partial charge is 0.239 e. The van der Waals surface area contributed by atoms with Crippen LogP contribution >= 0.6 is 112 Å². The molecule has 8 heavy (non-hydrogen) atoms. The van der Waals surface area contributed by atoms with Gasteiger partial charge in [0.15, 0.2) is 0 Å². The van der Waals surface area contributed by atoms with E-state index in [2.05, 4.69) is 15.9 Å². The molecule has 0 aliphatic rings. The minimum absolute atomic E-state index is 0. The van der Waals surface area contributed by atoms with Crippen molar-refractivity contribution in [2.45, 2.75) is 7.43 Å². The lowest BCUT2D eigenvalue weighted by atomic mass is 11.9. The van der Waals surface area contributed by atoms with E-state index in [9.17, 15) is 4.39 Å². The van der Waals surface area contributed by atoms with Gasteiger partial charge in [0.05, 0.1) is 0 Å². The second kappa shape index (κ2) is 48.0. The summed E-state index contributed by atoms with van der Waals surface area (Å²) >= 11 is 2.48. The van der Waals surface area contributed by atoms with Crippen molar-refractivity contribution in [1.29, 1.82) is 0 Å². The molecular weight excluding hydrogens is 631 g/mol. The molecule has 0 aliphatic carbocycles. The monoisotopic (exact) mass is 640 g/mol. The summed E-state index contributed by atoms with van der Waals surface area (Å²) in [6.45, 7) is 0. The molecule has 0 aromatic carbocycles. The first-order chi connectivity index (χ1) is 1.41. The third-order valence-corrected chi connectivity index (χ3v) is 0. The SMILES string of the molecule is C.FCBr.I.I.I.I. The van der Waals surface area contributed by atoms with Gasteiger partial charge < -0.3 is 0 Å². The molecule has 0 amide bonds. The average molecular weight is 641 g/mol. The maximum absolute atomic E-state index is 10.2. The molecule has 0 rings (SSSR count). The maximum atomic E-state index is 10.2. The lowest BCUT2D eigenvalue weighted by Gasteiger charge is -1.43. The van der Waals surface area contributed by atoms with Gasteiger partial charge in [-0.2, -0.15) is 0 Å². The Morgan fingerprint density at radius 2 is 1.00 bits per heavy atom. The van der Waals surface area contributed by atoms with Gasteiger partial charge in [0.2, 0.25) is 0 Å². The summed E-state index contributed by atoms with van der Waals surface area (Å²) in [5.74, 6) is 0. The predicted octanol–water partition coefficient (Wildman–Crippen LogP) is 4.42. The van der Waals surface area contributed by atoms with Crippen LogP contribution in [0.5, 0.6) is 0 Å². The summed E-state index contributed by atoms with van der Waals surface area (Å²) in [6, 6.07) is 0. The lowest BCUT2D eigenvalue weighted by Crippen LogP contribution is -1.27. The molecule has 0 aromatic heterocycles. The van der Waals surface area contributed by atoms with Crippen molar-refractivity contribution in [3.63, 3.8) is 0 Å². The molecule has 0 unspecified atom stereocenters. The molecule has 0 nitrogen and oxygen atoms in total. The average Bonchev–Trinajstić information content (AvgIpc) is 0.918. The first kappa shape index (κ1) is 42.6. The van der Waals surface area contributed by atoms with E-state index >= 15 is 0 Å². The molecule has 0 atom stereocenters. The molecule has 0 aliphatic heterocycles. The van der Waals surface area contributed by atoms with Crippen LogP contribution in [0, 0.1) is 0 Å². The van der Waals surface area contributed by atoms with Gasteiger partial charge in [0.1, 0.15) is 5.58 Å². The summed E-state index contributed by atoms with van der Waals surface area (Å²) in [6.07, 6.45) is 0. The molecule has 0 spiro atoms. The highest BCUT2D eigenvalue weighted by atomic mass is 127. The standard InChI is InChI=1S/CH2BrF.CH4.4HI/c2-1-3;;;;;/h1H2;1H4;4*1H. The van der Waals surface area contributed by atoms with Crippen molar-refractivity contribution in [2.24, 2.45) is 0 Å². The van der Waals surface area contributed by atoms with Crippen LogP contribution in [0.25, 0.3) is 0 Å². The molecule has 0 fully saturated rings. The Kier molecular flexibility index (Phi) is 255. The summed E-state index contributed by atoms with van der Waals surface area (Å²) in [7, 11) is 0. The summed E-state index contributed by atoms with van der Waals surface area (Å²) in [5, 5.41) is 0.